The van der Waals surface area contributed by atoms with Crippen molar-refractivity contribution in [3.63, 3.8) is 0 Å². The molecule has 0 amide bonds. The average Bonchev–Trinajstić information content (AvgIpc) is 2.27. The predicted octanol–water partition coefficient (Wildman–Crippen LogP) is 1.82. The summed E-state index contributed by atoms with van der Waals surface area (Å²) >= 11 is 5.83. The molecule has 1 heterocycles. The molecule has 2 rings (SSSR count). The molecule has 0 bridgehead atoms. The summed E-state index contributed by atoms with van der Waals surface area (Å²) in [6.45, 7) is 2.15. The first-order valence-corrected chi connectivity index (χ1v) is 5.78. The quantitative estimate of drug-likeness (QED) is 0.907. The van der Waals surface area contributed by atoms with E-state index >= 15 is 0 Å². The van der Waals surface area contributed by atoms with Gasteiger partial charge in [-0.2, -0.15) is 0 Å². The van der Waals surface area contributed by atoms with Crippen molar-refractivity contribution in [1.29, 1.82) is 0 Å². The highest BCUT2D eigenvalue weighted by molar-refractivity contribution is 6.31. The number of aliphatic hydroxyl groups is 1. The van der Waals surface area contributed by atoms with Gasteiger partial charge in [0.25, 0.3) is 5.56 Å². The van der Waals surface area contributed by atoms with E-state index in [4.69, 9.17) is 11.6 Å². The molecule has 1 aromatic carbocycles. The normalized spacial score (nSPS) is 12.9. The van der Waals surface area contributed by atoms with Gasteiger partial charge < -0.3 is 5.11 Å². The molecule has 0 unspecified atom stereocenters. The number of aromatic nitrogens is 2. The number of hydrogen-bond acceptors (Lipinski definition) is 3. The first kappa shape index (κ1) is 12.1. The lowest BCUT2D eigenvalue weighted by atomic mass is 10.2. The second kappa shape index (κ2) is 4.85. The second-order valence-corrected chi connectivity index (χ2v) is 4.48. The third-order valence-electron chi connectivity index (χ3n) is 2.58. The summed E-state index contributed by atoms with van der Waals surface area (Å²) in [5, 5.41) is 10.3. The van der Waals surface area contributed by atoms with E-state index < -0.39 is 6.10 Å². The van der Waals surface area contributed by atoms with E-state index in [1.807, 2.05) is 0 Å². The third kappa shape index (κ3) is 2.65. The third-order valence-corrected chi connectivity index (χ3v) is 2.81. The van der Waals surface area contributed by atoms with Gasteiger partial charge in [-0.15, -0.1) is 0 Å². The molecular formula is C12H13ClN2O2. The number of nitrogens with zero attached hydrogens (tertiary/aromatic N) is 2. The molecule has 17 heavy (non-hydrogen) atoms. The van der Waals surface area contributed by atoms with Crippen LogP contribution in [0.1, 0.15) is 13.3 Å². The molecule has 0 spiro atoms. The van der Waals surface area contributed by atoms with Crippen LogP contribution < -0.4 is 5.56 Å². The van der Waals surface area contributed by atoms with Gasteiger partial charge >= 0.3 is 0 Å². The minimum atomic E-state index is -0.428. The molecule has 0 saturated heterocycles. The highest BCUT2D eigenvalue weighted by atomic mass is 35.5. The summed E-state index contributed by atoms with van der Waals surface area (Å²) in [6.07, 6.45) is 1.59. The Balaban J connectivity index is 2.44. The van der Waals surface area contributed by atoms with Gasteiger partial charge in [0.2, 0.25) is 0 Å². The Morgan fingerprint density at radius 1 is 1.53 bits per heavy atom. The summed E-state index contributed by atoms with van der Waals surface area (Å²) < 4.78 is 1.50. The summed E-state index contributed by atoms with van der Waals surface area (Å²) in [7, 11) is 0. The maximum Gasteiger partial charge on any atom is 0.261 e. The number of halogens is 1. The molecule has 90 valence electrons. The van der Waals surface area contributed by atoms with Gasteiger partial charge in [-0.05, 0) is 31.5 Å². The van der Waals surface area contributed by atoms with Crippen LogP contribution >= 0.6 is 11.6 Å². The zero-order valence-corrected chi connectivity index (χ0v) is 10.2. The Labute approximate surface area is 103 Å². The fourth-order valence-electron chi connectivity index (χ4n) is 1.62. The van der Waals surface area contributed by atoms with Gasteiger partial charge in [0, 0.05) is 11.6 Å². The molecule has 4 nitrogen and oxygen atoms in total. The molecule has 1 atom stereocenters. The molecule has 0 radical (unpaired) electrons. The highest BCUT2D eigenvalue weighted by Crippen LogP contribution is 2.14. The molecule has 0 aliphatic carbocycles. The molecule has 1 N–H and O–H groups in total. The first-order valence-electron chi connectivity index (χ1n) is 5.40. The largest absolute Gasteiger partial charge is 0.393 e. The van der Waals surface area contributed by atoms with Crippen molar-refractivity contribution in [2.75, 3.05) is 0 Å². The van der Waals surface area contributed by atoms with E-state index in [0.717, 1.165) is 0 Å². The van der Waals surface area contributed by atoms with Crippen LogP contribution in [0.4, 0.5) is 0 Å². The second-order valence-electron chi connectivity index (χ2n) is 4.04. The molecule has 0 saturated carbocycles. The summed E-state index contributed by atoms with van der Waals surface area (Å²) in [5.41, 5.74) is 0.489. The maximum absolute atomic E-state index is 12.1. The monoisotopic (exact) mass is 252 g/mol. The zero-order chi connectivity index (χ0) is 12.4. The Morgan fingerprint density at radius 3 is 3.00 bits per heavy atom. The van der Waals surface area contributed by atoms with Crippen LogP contribution in [0.3, 0.4) is 0 Å². The van der Waals surface area contributed by atoms with Gasteiger partial charge in [0.05, 0.1) is 23.3 Å². The molecule has 0 aliphatic rings. The number of hydrogen-bond donors (Lipinski definition) is 1. The fraction of sp³-hybridized carbons (Fsp3) is 0.333. The van der Waals surface area contributed by atoms with Crippen molar-refractivity contribution in [2.45, 2.75) is 26.0 Å². The SMILES string of the molecule is C[C@@H](O)CCn1cnc2cc(Cl)ccc2c1=O. The highest BCUT2D eigenvalue weighted by Gasteiger charge is 2.05. The predicted molar refractivity (Wildman–Crippen MR) is 67.3 cm³/mol. The fourth-order valence-corrected chi connectivity index (χ4v) is 1.78. The smallest absolute Gasteiger partial charge is 0.261 e. The molecule has 1 aromatic heterocycles. The van der Waals surface area contributed by atoms with Crippen LogP contribution in [-0.2, 0) is 6.54 Å². The number of benzene rings is 1. The lowest BCUT2D eigenvalue weighted by Crippen LogP contribution is -2.22. The van der Waals surface area contributed by atoms with Gasteiger partial charge in [-0.25, -0.2) is 4.98 Å². The molecule has 0 fully saturated rings. The van der Waals surface area contributed by atoms with E-state index in [1.165, 1.54) is 10.9 Å². The van der Waals surface area contributed by atoms with Gasteiger partial charge in [-0.3, -0.25) is 9.36 Å². The van der Waals surface area contributed by atoms with E-state index in [0.29, 0.717) is 28.9 Å². The van der Waals surface area contributed by atoms with Gasteiger partial charge in [0.1, 0.15) is 0 Å². The molecule has 2 aromatic rings. The number of fused-ring (bicyclic) bond motifs is 1. The first-order chi connectivity index (χ1) is 8.08. The summed E-state index contributed by atoms with van der Waals surface area (Å²) in [5.74, 6) is 0. The number of rotatable bonds is 3. The number of aryl methyl sites for hydroxylation is 1. The van der Waals surface area contributed by atoms with E-state index in [2.05, 4.69) is 4.98 Å². The molecule has 0 aliphatic heterocycles. The van der Waals surface area contributed by atoms with Gasteiger partial charge in [-0.1, -0.05) is 11.6 Å². The topological polar surface area (TPSA) is 55.1 Å². The van der Waals surface area contributed by atoms with Crippen molar-refractivity contribution in [3.8, 4) is 0 Å². The Bertz CT molecular complexity index is 593. The Morgan fingerprint density at radius 2 is 2.29 bits per heavy atom. The van der Waals surface area contributed by atoms with Crippen molar-refractivity contribution in [3.05, 3.63) is 39.9 Å². The van der Waals surface area contributed by atoms with E-state index in [-0.39, 0.29) is 5.56 Å². The minimum absolute atomic E-state index is 0.104. The van der Waals surface area contributed by atoms with Crippen LogP contribution in [0, 0.1) is 0 Å². The molecule has 5 heteroatoms. The van der Waals surface area contributed by atoms with E-state index in [1.54, 1.807) is 25.1 Å². The van der Waals surface area contributed by atoms with Crippen LogP contribution in [0.25, 0.3) is 10.9 Å². The Kier molecular flexibility index (Phi) is 3.45. The van der Waals surface area contributed by atoms with Crippen molar-refractivity contribution in [2.24, 2.45) is 0 Å². The van der Waals surface area contributed by atoms with Crippen molar-refractivity contribution < 1.29 is 5.11 Å². The zero-order valence-electron chi connectivity index (χ0n) is 9.43. The molecular weight excluding hydrogens is 240 g/mol. The van der Waals surface area contributed by atoms with Crippen LogP contribution in [0.15, 0.2) is 29.3 Å². The standard InChI is InChI=1S/C12H13ClN2O2/c1-8(16)4-5-15-7-14-11-6-9(13)2-3-10(11)12(15)17/h2-3,6-8,16H,4-5H2,1H3/t8-/m1/s1. The van der Waals surface area contributed by atoms with Gasteiger partial charge in [0.15, 0.2) is 0 Å². The number of aliphatic hydroxyl groups excluding tert-OH is 1. The Hall–Kier alpha value is -1.39. The van der Waals surface area contributed by atoms with E-state index in [9.17, 15) is 9.90 Å². The summed E-state index contributed by atoms with van der Waals surface area (Å²) in [6, 6.07) is 5.01. The maximum atomic E-state index is 12.1. The summed E-state index contributed by atoms with van der Waals surface area (Å²) in [4.78, 5) is 16.2. The van der Waals surface area contributed by atoms with Crippen LogP contribution in [0.2, 0.25) is 5.02 Å². The van der Waals surface area contributed by atoms with Crippen molar-refractivity contribution >= 4 is 22.5 Å². The van der Waals surface area contributed by atoms with Crippen molar-refractivity contribution in [1.82, 2.24) is 9.55 Å². The minimum Gasteiger partial charge on any atom is -0.393 e. The van der Waals surface area contributed by atoms with Crippen LogP contribution in [-0.4, -0.2) is 20.8 Å². The lowest BCUT2D eigenvalue weighted by molar-refractivity contribution is 0.177. The average molecular weight is 253 g/mol. The lowest BCUT2D eigenvalue weighted by Gasteiger charge is -2.07. The van der Waals surface area contributed by atoms with Crippen LogP contribution in [0.5, 0.6) is 0 Å².